The van der Waals surface area contributed by atoms with Crippen molar-refractivity contribution in [3.8, 4) is 0 Å². The Morgan fingerprint density at radius 2 is 1.81 bits per heavy atom. The van der Waals surface area contributed by atoms with Gasteiger partial charge >= 0.3 is 0 Å². The van der Waals surface area contributed by atoms with Crippen LogP contribution in [0.1, 0.15) is 30.9 Å². The van der Waals surface area contributed by atoms with E-state index in [9.17, 15) is 5.11 Å². The summed E-state index contributed by atoms with van der Waals surface area (Å²) in [6, 6.07) is 8.51. The quantitative estimate of drug-likeness (QED) is 0.825. The van der Waals surface area contributed by atoms with Gasteiger partial charge in [-0.3, -0.25) is 0 Å². The Balaban J connectivity index is 1.93. The van der Waals surface area contributed by atoms with Gasteiger partial charge in [0.15, 0.2) is 0 Å². The van der Waals surface area contributed by atoms with E-state index in [0.717, 1.165) is 25.7 Å². The molecule has 0 aliphatic heterocycles. The van der Waals surface area contributed by atoms with Gasteiger partial charge in [-0.2, -0.15) is 0 Å². The lowest BCUT2D eigenvalue weighted by atomic mass is 10.0. The fraction of sp³-hybridized carbons (Fsp3) is 0.571. The molecule has 1 aromatic carbocycles. The van der Waals surface area contributed by atoms with Gasteiger partial charge in [-0.05, 0) is 37.3 Å². The fourth-order valence-electron chi connectivity index (χ4n) is 1.91. The number of hydrogen-bond acceptors (Lipinski definition) is 2. The Labute approximate surface area is 97.3 Å². The van der Waals surface area contributed by atoms with Gasteiger partial charge in [-0.1, -0.05) is 24.3 Å². The van der Waals surface area contributed by atoms with Gasteiger partial charge in [-0.15, -0.1) is 0 Å². The molecule has 1 aromatic rings. The van der Waals surface area contributed by atoms with Crippen molar-refractivity contribution < 1.29 is 9.84 Å². The molecule has 0 heterocycles. The molecule has 1 aliphatic carbocycles. The van der Waals surface area contributed by atoms with Crippen LogP contribution in [-0.2, 0) is 17.6 Å². The van der Waals surface area contributed by atoms with Crippen molar-refractivity contribution in [3.63, 3.8) is 0 Å². The van der Waals surface area contributed by atoms with E-state index in [2.05, 4.69) is 31.2 Å². The predicted molar refractivity (Wildman–Crippen MR) is 64.5 cm³/mol. The average molecular weight is 220 g/mol. The van der Waals surface area contributed by atoms with E-state index in [0.29, 0.717) is 0 Å². The van der Waals surface area contributed by atoms with Crippen molar-refractivity contribution in [1.29, 1.82) is 0 Å². The number of hydrogen-bond donors (Lipinski definition) is 1. The topological polar surface area (TPSA) is 29.5 Å². The Bertz CT molecular complexity index is 338. The van der Waals surface area contributed by atoms with Crippen LogP contribution in [0.15, 0.2) is 24.3 Å². The molecule has 1 aliphatic rings. The van der Waals surface area contributed by atoms with Crippen LogP contribution >= 0.6 is 0 Å². The third-order valence-corrected chi connectivity index (χ3v) is 3.31. The summed E-state index contributed by atoms with van der Waals surface area (Å²) in [5, 5.41) is 9.81. The molecule has 0 spiro atoms. The van der Waals surface area contributed by atoms with E-state index in [1.54, 1.807) is 7.11 Å². The highest BCUT2D eigenvalue weighted by atomic mass is 16.5. The van der Waals surface area contributed by atoms with Gasteiger partial charge in [0.1, 0.15) is 0 Å². The standard InChI is InChI=1S/C14H20O2/c1-11(16-2)9-12-3-5-13(6-4-12)10-14(15)7-8-14/h3-6,11,15H,7-10H2,1-2H3. The van der Waals surface area contributed by atoms with Crippen LogP contribution in [0.4, 0.5) is 0 Å². The summed E-state index contributed by atoms with van der Waals surface area (Å²) in [4.78, 5) is 0. The SMILES string of the molecule is COC(C)Cc1ccc(CC2(O)CC2)cc1. The summed E-state index contributed by atoms with van der Waals surface area (Å²) in [6.07, 6.45) is 3.91. The molecule has 2 heteroatoms. The highest BCUT2D eigenvalue weighted by Gasteiger charge is 2.39. The average Bonchev–Trinajstić information content (AvgIpc) is 2.99. The summed E-state index contributed by atoms with van der Waals surface area (Å²) in [6.45, 7) is 2.07. The number of ether oxygens (including phenoxy) is 1. The van der Waals surface area contributed by atoms with Crippen molar-refractivity contribution in [3.05, 3.63) is 35.4 Å². The Hall–Kier alpha value is -0.860. The zero-order valence-corrected chi connectivity index (χ0v) is 10.1. The Morgan fingerprint density at radius 1 is 1.25 bits per heavy atom. The van der Waals surface area contributed by atoms with Gasteiger partial charge in [0.25, 0.3) is 0 Å². The number of aliphatic hydroxyl groups is 1. The molecule has 0 saturated heterocycles. The van der Waals surface area contributed by atoms with Gasteiger partial charge < -0.3 is 9.84 Å². The molecular weight excluding hydrogens is 200 g/mol. The largest absolute Gasteiger partial charge is 0.390 e. The Morgan fingerprint density at radius 3 is 2.31 bits per heavy atom. The fourth-order valence-corrected chi connectivity index (χ4v) is 1.91. The first-order valence-corrected chi connectivity index (χ1v) is 5.94. The van der Waals surface area contributed by atoms with Crippen molar-refractivity contribution in [2.75, 3.05) is 7.11 Å². The Kier molecular flexibility index (Phi) is 3.31. The highest BCUT2D eigenvalue weighted by molar-refractivity contribution is 5.25. The molecule has 0 amide bonds. The van der Waals surface area contributed by atoms with E-state index in [-0.39, 0.29) is 11.7 Å². The van der Waals surface area contributed by atoms with Gasteiger partial charge in [0.05, 0.1) is 11.7 Å². The van der Waals surface area contributed by atoms with Crippen molar-refractivity contribution >= 4 is 0 Å². The van der Waals surface area contributed by atoms with Crippen LogP contribution in [0.3, 0.4) is 0 Å². The summed E-state index contributed by atoms with van der Waals surface area (Å²) >= 11 is 0. The van der Waals surface area contributed by atoms with Gasteiger partial charge in [0.2, 0.25) is 0 Å². The zero-order chi connectivity index (χ0) is 11.6. The maximum Gasteiger partial charge on any atom is 0.0690 e. The van der Waals surface area contributed by atoms with E-state index in [1.165, 1.54) is 11.1 Å². The second-order valence-electron chi connectivity index (χ2n) is 4.97. The number of benzene rings is 1. The monoisotopic (exact) mass is 220 g/mol. The molecular formula is C14H20O2. The molecule has 1 N–H and O–H groups in total. The maximum atomic E-state index is 9.81. The number of methoxy groups -OCH3 is 1. The van der Waals surface area contributed by atoms with Crippen molar-refractivity contribution in [2.45, 2.75) is 44.3 Å². The molecule has 2 nitrogen and oxygen atoms in total. The van der Waals surface area contributed by atoms with Crippen molar-refractivity contribution in [1.82, 2.24) is 0 Å². The van der Waals surface area contributed by atoms with Gasteiger partial charge in [0, 0.05) is 13.5 Å². The molecule has 2 rings (SSSR count). The van der Waals surface area contributed by atoms with Crippen LogP contribution in [-0.4, -0.2) is 23.9 Å². The number of rotatable bonds is 5. The lowest BCUT2D eigenvalue weighted by Gasteiger charge is -2.11. The van der Waals surface area contributed by atoms with Gasteiger partial charge in [-0.25, -0.2) is 0 Å². The molecule has 1 saturated carbocycles. The van der Waals surface area contributed by atoms with Crippen LogP contribution in [0, 0.1) is 0 Å². The lowest BCUT2D eigenvalue weighted by Crippen LogP contribution is -2.11. The van der Waals surface area contributed by atoms with E-state index in [1.807, 2.05) is 0 Å². The first-order valence-electron chi connectivity index (χ1n) is 5.94. The first kappa shape index (κ1) is 11.6. The minimum Gasteiger partial charge on any atom is -0.390 e. The van der Waals surface area contributed by atoms with E-state index < -0.39 is 0 Å². The molecule has 88 valence electrons. The minimum atomic E-state index is -0.388. The summed E-state index contributed by atoms with van der Waals surface area (Å²) in [5.74, 6) is 0. The van der Waals surface area contributed by atoms with E-state index >= 15 is 0 Å². The van der Waals surface area contributed by atoms with Crippen LogP contribution in [0.25, 0.3) is 0 Å². The smallest absolute Gasteiger partial charge is 0.0690 e. The third-order valence-electron chi connectivity index (χ3n) is 3.31. The first-order chi connectivity index (χ1) is 7.61. The van der Waals surface area contributed by atoms with E-state index in [4.69, 9.17) is 4.74 Å². The second-order valence-corrected chi connectivity index (χ2v) is 4.97. The lowest BCUT2D eigenvalue weighted by molar-refractivity contribution is 0.119. The predicted octanol–water partition coefficient (Wildman–Crippen LogP) is 2.33. The summed E-state index contributed by atoms with van der Waals surface area (Å²) in [5.41, 5.74) is 2.14. The molecule has 16 heavy (non-hydrogen) atoms. The van der Waals surface area contributed by atoms with Crippen LogP contribution in [0.2, 0.25) is 0 Å². The normalized spacial score (nSPS) is 19.4. The minimum absolute atomic E-state index is 0.262. The van der Waals surface area contributed by atoms with Crippen molar-refractivity contribution in [2.24, 2.45) is 0 Å². The molecule has 0 radical (unpaired) electrons. The summed E-state index contributed by atoms with van der Waals surface area (Å²) < 4.78 is 5.23. The zero-order valence-electron chi connectivity index (χ0n) is 10.1. The molecule has 1 unspecified atom stereocenters. The maximum absolute atomic E-state index is 9.81. The third kappa shape index (κ3) is 3.06. The molecule has 0 bridgehead atoms. The molecule has 1 fully saturated rings. The molecule has 0 aromatic heterocycles. The molecule has 1 atom stereocenters. The van der Waals surface area contributed by atoms with Crippen LogP contribution in [0.5, 0.6) is 0 Å². The summed E-state index contributed by atoms with van der Waals surface area (Å²) in [7, 11) is 1.74. The highest BCUT2D eigenvalue weighted by Crippen LogP contribution is 2.38. The second kappa shape index (κ2) is 4.56. The van der Waals surface area contributed by atoms with Crippen LogP contribution < -0.4 is 0 Å².